The second-order valence-corrected chi connectivity index (χ2v) is 3.26. The maximum Gasteiger partial charge on any atom is 0.168 e. The van der Waals surface area contributed by atoms with Crippen molar-refractivity contribution in [1.29, 1.82) is 0 Å². The number of anilines is 1. The molecule has 15 heavy (non-hydrogen) atoms. The van der Waals surface area contributed by atoms with Crippen LogP contribution in [0, 0.1) is 11.6 Å². The summed E-state index contributed by atoms with van der Waals surface area (Å²) in [5.74, 6) is -1.22. The van der Waals surface area contributed by atoms with E-state index in [9.17, 15) is 8.78 Å². The average Bonchev–Trinajstić information content (AvgIpc) is 2.20. The lowest BCUT2D eigenvalue weighted by atomic mass is 10.2. The minimum atomic E-state index is -0.666. The summed E-state index contributed by atoms with van der Waals surface area (Å²) in [6, 6.07) is 0.815. The second kappa shape index (κ2) is 6.29. The van der Waals surface area contributed by atoms with Gasteiger partial charge in [-0.2, -0.15) is 0 Å². The number of nitrogens with one attached hydrogen (secondary N) is 1. The molecule has 0 fully saturated rings. The molecule has 1 rings (SSSR count). The Morgan fingerprint density at radius 1 is 1.27 bits per heavy atom. The second-order valence-electron chi connectivity index (χ2n) is 3.26. The van der Waals surface area contributed by atoms with E-state index in [-0.39, 0.29) is 5.82 Å². The number of halogens is 2. The van der Waals surface area contributed by atoms with Crippen molar-refractivity contribution in [3.05, 3.63) is 23.9 Å². The van der Waals surface area contributed by atoms with Crippen molar-refractivity contribution in [2.24, 2.45) is 5.73 Å². The van der Waals surface area contributed by atoms with Crippen LogP contribution >= 0.6 is 0 Å². The van der Waals surface area contributed by atoms with Crippen LogP contribution in [0.3, 0.4) is 0 Å². The summed E-state index contributed by atoms with van der Waals surface area (Å²) in [5.41, 5.74) is 5.33. The number of nitrogens with zero attached hydrogens (tertiary/aromatic N) is 1. The highest BCUT2D eigenvalue weighted by atomic mass is 19.1. The summed E-state index contributed by atoms with van der Waals surface area (Å²) in [7, 11) is 0. The zero-order chi connectivity index (χ0) is 11.1. The predicted molar refractivity (Wildman–Crippen MR) is 55.5 cm³/mol. The fourth-order valence-electron chi connectivity index (χ4n) is 1.20. The maximum absolute atomic E-state index is 13.0. The highest BCUT2D eigenvalue weighted by Gasteiger charge is 2.03. The van der Waals surface area contributed by atoms with Crippen LogP contribution in [0.25, 0.3) is 0 Å². The molecule has 0 saturated heterocycles. The Balaban J connectivity index is 2.31. The van der Waals surface area contributed by atoms with E-state index in [1.54, 1.807) is 0 Å². The van der Waals surface area contributed by atoms with Crippen LogP contribution in [0.5, 0.6) is 0 Å². The van der Waals surface area contributed by atoms with E-state index in [0.29, 0.717) is 13.1 Å². The summed E-state index contributed by atoms with van der Waals surface area (Å²) < 4.78 is 25.5. The molecule has 0 atom stereocenters. The van der Waals surface area contributed by atoms with Crippen molar-refractivity contribution in [3.8, 4) is 0 Å². The van der Waals surface area contributed by atoms with Crippen molar-refractivity contribution in [1.82, 2.24) is 4.98 Å². The van der Waals surface area contributed by atoms with Gasteiger partial charge in [0.15, 0.2) is 11.6 Å². The van der Waals surface area contributed by atoms with Gasteiger partial charge in [0.2, 0.25) is 0 Å². The van der Waals surface area contributed by atoms with Gasteiger partial charge in [0.25, 0.3) is 0 Å². The van der Waals surface area contributed by atoms with Gasteiger partial charge in [-0.25, -0.2) is 13.8 Å². The molecule has 0 aliphatic heterocycles. The van der Waals surface area contributed by atoms with Gasteiger partial charge in [-0.1, -0.05) is 6.42 Å². The Bertz CT molecular complexity index is 305. The van der Waals surface area contributed by atoms with Gasteiger partial charge < -0.3 is 11.1 Å². The van der Waals surface area contributed by atoms with Crippen molar-refractivity contribution < 1.29 is 8.78 Å². The molecule has 0 aliphatic rings. The van der Waals surface area contributed by atoms with Crippen LogP contribution in [-0.2, 0) is 0 Å². The van der Waals surface area contributed by atoms with Crippen molar-refractivity contribution in [2.75, 3.05) is 18.4 Å². The molecule has 0 unspecified atom stereocenters. The monoisotopic (exact) mass is 215 g/mol. The van der Waals surface area contributed by atoms with Crippen LogP contribution in [0.4, 0.5) is 14.6 Å². The first kappa shape index (κ1) is 11.8. The molecule has 84 valence electrons. The minimum Gasteiger partial charge on any atom is -0.368 e. The molecule has 0 radical (unpaired) electrons. The first-order valence-corrected chi connectivity index (χ1v) is 4.99. The van der Waals surface area contributed by atoms with Gasteiger partial charge in [-0.3, -0.25) is 0 Å². The van der Waals surface area contributed by atoms with E-state index < -0.39 is 11.6 Å². The summed E-state index contributed by atoms with van der Waals surface area (Å²) in [6.45, 7) is 1.29. The summed E-state index contributed by atoms with van der Waals surface area (Å²) in [6.07, 6.45) is 3.84. The van der Waals surface area contributed by atoms with Crippen molar-refractivity contribution >= 4 is 5.82 Å². The fraction of sp³-hybridized carbons (Fsp3) is 0.500. The third kappa shape index (κ3) is 4.20. The number of aromatic nitrogens is 1. The fourth-order valence-corrected chi connectivity index (χ4v) is 1.20. The van der Waals surface area contributed by atoms with E-state index in [1.165, 1.54) is 0 Å². The normalized spacial score (nSPS) is 10.3. The highest BCUT2D eigenvalue weighted by molar-refractivity contribution is 5.35. The lowest BCUT2D eigenvalue weighted by molar-refractivity contribution is 0.574. The Morgan fingerprint density at radius 2 is 2.07 bits per heavy atom. The largest absolute Gasteiger partial charge is 0.368 e. The van der Waals surface area contributed by atoms with E-state index >= 15 is 0 Å². The number of nitrogens with two attached hydrogens (primary N) is 1. The molecule has 3 N–H and O–H groups in total. The molecule has 0 bridgehead atoms. The summed E-state index contributed by atoms with van der Waals surface area (Å²) in [4.78, 5) is 3.61. The molecule has 1 aromatic rings. The van der Waals surface area contributed by atoms with E-state index in [0.717, 1.165) is 31.5 Å². The quantitative estimate of drug-likeness (QED) is 0.712. The van der Waals surface area contributed by atoms with Gasteiger partial charge in [0.05, 0.1) is 6.20 Å². The average molecular weight is 215 g/mol. The van der Waals surface area contributed by atoms with Crippen molar-refractivity contribution in [3.63, 3.8) is 0 Å². The number of rotatable bonds is 6. The van der Waals surface area contributed by atoms with Gasteiger partial charge in [-0.05, 0) is 19.4 Å². The van der Waals surface area contributed by atoms with Crippen LogP contribution < -0.4 is 11.1 Å². The van der Waals surface area contributed by atoms with Crippen LogP contribution in [0.1, 0.15) is 19.3 Å². The first-order chi connectivity index (χ1) is 7.24. The van der Waals surface area contributed by atoms with Gasteiger partial charge >= 0.3 is 0 Å². The maximum atomic E-state index is 13.0. The smallest absolute Gasteiger partial charge is 0.168 e. The molecular weight excluding hydrogens is 200 g/mol. The molecule has 0 saturated carbocycles. The van der Waals surface area contributed by atoms with E-state index in [4.69, 9.17) is 5.73 Å². The van der Waals surface area contributed by atoms with Crippen molar-refractivity contribution in [2.45, 2.75) is 19.3 Å². The van der Waals surface area contributed by atoms with E-state index in [2.05, 4.69) is 10.3 Å². The molecule has 3 nitrogen and oxygen atoms in total. The molecular formula is C10H15F2N3. The number of hydrogen-bond donors (Lipinski definition) is 2. The Kier molecular flexibility index (Phi) is 4.97. The molecule has 0 aliphatic carbocycles. The molecule has 0 spiro atoms. The number of pyridine rings is 1. The summed E-state index contributed by atoms with van der Waals surface area (Å²) in [5, 5.41) is 2.81. The highest BCUT2D eigenvalue weighted by Crippen LogP contribution is 2.11. The van der Waals surface area contributed by atoms with Gasteiger partial charge in [0, 0.05) is 12.6 Å². The summed E-state index contributed by atoms with van der Waals surface area (Å²) >= 11 is 0. The molecule has 5 heteroatoms. The zero-order valence-electron chi connectivity index (χ0n) is 8.47. The van der Waals surface area contributed by atoms with Gasteiger partial charge in [-0.15, -0.1) is 0 Å². The number of hydrogen-bond acceptors (Lipinski definition) is 3. The predicted octanol–water partition coefficient (Wildman–Crippen LogP) is 1.90. The Labute approximate surface area is 87.7 Å². The third-order valence-electron chi connectivity index (χ3n) is 1.98. The van der Waals surface area contributed by atoms with Crippen LogP contribution in [0.15, 0.2) is 12.3 Å². The van der Waals surface area contributed by atoms with Gasteiger partial charge in [0.1, 0.15) is 5.82 Å². The standard InChI is InChI=1S/C10H15F2N3/c11-8-6-9(12)10(15-7-8)14-5-3-1-2-4-13/h6-7H,1-5,13H2,(H,14,15). The third-order valence-corrected chi connectivity index (χ3v) is 1.98. The van der Waals surface area contributed by atoms with Crippen LogP contribution in [0.2, 0.25) is 0 Å². The minimum absolute atomic E-state index is 0.101. The Morgan fingerprint density at radius 3 is 2.73 bits per heavy atom. The lowest BCUT2D eigenvalue weighted by Gasteiger charge is -2.05. The molecule has 0 aromatic carbocycles. The lowest BCUT2D eigenvalue weighted by Crippen LogP contribution is -2.06. The number of unbranched alkanes of at least 4 members (excludes halogenated alkanes) is 2. The zero-order valence-corrected chi connectivity index (χ0v) is 8.47. The molecule has 0 amide bonds. The van der Waals surface area contributed by atoms with Crippen LogP contribution in [-0.4, -0.2) is 18.1 Å². The topological polar surface area (TPSA) is 50.9 Å². The van der Waals surface area contributed by atoms with E-state index in [1.807, 2.05) is 0 Å². The Hall–Kier alpha value is -1.23. The molecule has 1 aromatic heterocycles. The SMILES string of the molecule is NCCCCCNc1ncc(F)cc1F. The first-order valence-electron chi connectivity index (χ1n) is 4.99. The molecule has 1 heterocycles.